The number of amides is 1. The number of hydrogen-bond acceptors (Lipinski definition) is 3. The summed E-state index contributed by atoms with van der Waals surface area (Å²) in [6.45, 7) is 10.1. The van der Waals surface area contributed by atoms with Gasteiger partial charge in [0.25, 0.3) is 0 Å². The Morgan fingerprint density at radius 2 is 1.67 bits per heavy atom. The van der Waals surface area contributed by atoms with E-state index in [1.807, 2.05) is 6.92 Å². The van der Waals surface area contributed by atoms with E-state index >= 15 is 0 Å². The molecule has 0 aliphatic rings. The highest BCUT2D eigenvalue weighted by atomic mass is 16.2. The first kappa shape index (κ1) is 17.4. The zero-order chi connectivity index (χ0) is 14.0. The van der Waals surface area contributed by atoms with Gasteiger partial charge in [-0.05, 0) is 59.9 Å². The summed E-state index contributed by atoms with van der Waals surface area (Å²) in [5.74, 6) is 0.163. The third-order valence-corrected chi connectivity index (χ3v) is 3.03. The molecule has 0 bridgehead atoms. The van der Waals surface area contributed by atoms with E-state index in [1.54, 1.807) is 0 Å². The predicted octanol–water partition coefficient (Wildman–Crippen LogP) is 1.56. The monoisotopic (exact) mass is 257 g/mol. The van der Waals surface area contributed by atoms with Gasteiger partial charge in [-0.15, -0.1) is 0 Å². The molecule has 1 amide bonds. The molecule has 4 heteroatoms. The Kier molecular flexibility index (Phi) is 9.98. The molecule has 1 N–H and O–H groups in total. The van der Waals surface area contributed by atoms with Gasteiger partial charge in [0.2, 0.25) is 5.91 Å². The quantitative estimate of drug-likeness (QED) is 0.603. The fourth-order valence-electron chi connectivity index (χ4n) is 1.99. The van der Waals surface area contributed by atoms with Crippen LogP contribution in [0.5, 0.6) is 0 Å². The van der Waals surface area contributed by atoms with Crippen molar-refractivity contribution in [1.82, 2.24) is 15.1 Å². The molecule has 108 valence electrons. The lowest BCUT2D eigenvalue weighted by Crippen LogP contribution is -2.46. The van der Waals surface area contributed by atoms with Crippen molar-refractivity contribution < 1.29 is 4.79 Å². The first-order chi connectivity index (χ1) is 8.52. The molecule has 0 aliphatic heterocycles. The molecule has 0 aromatic heterocycles. The first-order valence-corrected chi connectivity index (χ1v) is 7.19. The summed E-state index contributed by atoms with van der Waals surface area (Å²) in [7, 11) is 4.10. The van der Waals surface area contributed by atoms with E-state index in [9.17, 15) is 4.79 Å². The van der Waals surface area contributed by atoms with Crippen molar-refractivity contribution in [2.24, 2.45) is 0 Å². The van der Waals surface area contributed by atoms with E-state index in [2.05, 4.69) is 43.1 Å². The summed E-state index contributed by atoms with van der Waals surface area (Å²) in [5, 5.41) is 3.03. The predicted molar refractivity (Wildman–Crippen MR) is 77.8 cm³/mol. The van der Waals surface area contributed by atoms with Crippen LogP contribution in [-0.4, -0.2) is 62.0 Å². The van der Waals surface area contributed by atoms with Gasteiger partial charge in [-0.2, -0.15) is 0 Å². The molecular weight excluding hydrogens is 226 g/mol. The average Bonchev–Trinajstić information content (AvgIpc) is 2.33. The van der Waals surface area contributed by atoms with Gasteiger partial charge < -0.3 is 10.2 Å². The molecule has 0 rings (SSSR count). The van der Waals surface area contributed by atoms with Crippen LogP contribution >= 0.6 is 0 Å². The Labute approximate surface area is 113 Å². The Hall–Kier alpha value is -0.610. The molecule has 1 unspecified atom stereocenters. The van der Waals surface area contributed by atoms with Gasteiger partial charge in [-0.1, -0.05) is 13.8 Å². The summed E-state index contributed by atoms with van der Waals surface area (Å²) >= 11 is 0. The van der Waals surface area contributed by atoms with Crippen molar-refractivity contribution in [1.29, 1.82) is 0 Å². The standard InChI is InChI=1S/C14H31N3O/c1-6-10-17(11-7-2)13(3)14(18)15-9-8-12-16(4)5/h13H,6-12H2,1-5H3,(H,15,18). The van der Waals surface area contributed by atoms with Crippen molar-refractivity contribution >= 4 is 5.91 Å². The van der Waals surface area contributed by atoms with Gasteiger partial charge in [0.1, 0.15) is 0 Å². The molecule has 0 aromatic rings. The minimum absolute atomic E-state index is 0.00995. The van der Waals surface area contributed by atoms with Crippen molar-refractivity contribution in [2.45, 2.75) is 46.1 Å². The second-order valence-corrected chi connectivity index (χ2v) is 5.16. The molecule has 0 spiro atoms. The zero-order valence-corrected chi connectivity index (χ0v) is 12.8. The van der Waals surface area contributed by atoms with E-state index in [4.69, 9.17) is 0 Å². The molecular formula is C14H31N3O. The van der Waals surface area contributed by atoms with Crippen LogP contribution in [-0.2, 0) is 4.79 Å². The number of carbonyl (C=O) groups excluding carboxylic acids is 1. The summed E-state index contributed by atoms with van der Waals surface area (Å²) in [5.41, 5.74) is 0. The summed E-state index contributed by atoms with van der Waals surface area (Å²) < 4.78 is 0. The molecule has 0 aromatic carbocycles. The molecule has 0 saturated heterocycles. The van der Waals surface area contributed by atoms with Crippen LogP contribution in [0.1, 0.15) is 40.0 Å². The van der Waals surface area contributed by atoms with Gasteiger partial charge in [-0.25, -0.2) is 0 Å². The number of nitrogens with one attached hydrogen (secondary N) is 1. The van der Waals surface area contributed by atoms with Crippen molar-refractivity contribution in [3.8, 4) is 0 Å². The maximum atomic E-state index is 12.0. The summed E-state index contributed by atoms with van der Waals surface area (Å²) in [6.07, 6.45) is 3.20. The van der Waals surface area contributed by atoms with Crippen LogP contribution in [0.2, 0.25) is 0 Å². The molecule has 18 heavy (non-hydrogen) atoms. The lowest BCUT2D eigenvalue weighted by atomic mass is 10.2. The van der Waals surface area contributed by atoms with Crippen LogP contribution < -0.4 is 5.32 Å². The van der Waals surface area contributed by atoms with Crippen molar-refractivity contribution in [3.05, 3.63) is 0 Å². The topological polar surface area (TPSA) is 35.6 Å². The SMILES string of the molecule is CCCN(CCC)C(C)C(=O)NCCCN(C)C. The maximum absolute atomic E-state index is 12.0. The van der Waals surface area contributed by atoms with Crippen LogP contribution in [0.15, 0.2) is 0 Å². The summed E-state index contributed by atoms with van der Waals surface area (Å²) in [4.78, 5) is 16.4. The molecule has 0 saturated carbocycles. The molecule has 0 heterocycles. The highest BCUT2D eigenvalue weighted by Gasteiger charge is 2.19. The molecule has 0 radical (unpaired) electrons. The fraction of sp³-hybridized carbons (Fsp3) is 0.929. The van der Waals surface area contributed by atoms with E-state index in [1.165, 1.54) is 0 Å². The number of hydrogen-bond donors (Lipinski definition) is 1. The van der Waals surface area contributed by atoms with Crippen LogP contribution in [0, 0.1) is 0 Å². The molecule has 0 aliphatic carbocycles. The van der Waals surface area contributed by atoms with Gasteiger partial charge in [-0.3, -0.25) is 9.69 Å². The number of rotatable bonds is 10. The highest BCUT2D eigenvalue weighted by Crippen LogP contribution is 2.02. The van der Waals surface area contributed by atoms with Gasteiger partial charge in [0, 0.05) is 6.54 Å². The van der Waals surface area contributed by atoms with E-state index in [0.29, 0.717) is 0 Å². The lowest BCUT2D eigenvalue weighted by molar-refractivity contribution is -0.125. The Balaban J connectivity index is 3.97. The number of carbonyl (C=O) groups is 1. The van der Waals surface area contributed by atoms with Crippen molar-refractivity contribution in [3.63, 3.8) is 0 Å². The molecule has 1 atom stereocenters. The third kappa shape index (κ3) is 7.67. The fourth-order valence-corrected chi connectivity index (χ4v) is 1.99. The number of nitrogens with zero attached hydrogens (tertiary/aromatic N) is 2. The van der Waals surface area contributed by atoms with Gasteiger partial charge in [0.05, 0.1) is 6.04 Å². The second kappa shape index (κ2) is 10.3. The second-order valence-electron chi connectivity index (χ2n) is 5.16. The first-order valence-electron chi connectivity index (χ1n) is 7.19. The van der Waals surface area contributed by atoms with Crippen LogP contribution in [0.25, 0.3) is 0 Å². The van der Waals surface area contributed by atoms with Gasteiger partial charge >= 0.3 is 0 Å². The lowest BCUT2D eigenvalue weighted by Gasteiger charge is -2.27. The average molecular weight is 257 g/mol. The minimum Gasteiger partial charge on any atom is -0.355 e. The zero-order valence-electron chi connectivity index (χ0n) is 12.8. The Morgan fingerprint density at radius 1 is 1.11 bits per heavy atom. The van der Waals surface area contributed by atoms with E-state index in [-0.39, 0.29) is 11.9 Å². The normalized spacial score (nSPS) is 13.1. The maximum Gasteiger partial charge on any atom is 0.237 e. The third-order valence-electron chi connectivity index (χ3n) is 3.03. The molecule has 0 fully saturated rings. The van der Waals surface area contributed by atoms with Crippen molar-refractivity contribution in [2.75, 3.05) is 40.3 Å². The highest BCUT2D eigenvalue weighted by molar-refractivity contribution is 5.81. The van der Waals surface area contributed by atoms with E-state index in [0.717, 1.165) is 45.4 Å². The largest absolute Gasteiger partial charge is 0.355 e. The Morgan fingerprint density at radius 3 is 2.11 bits per heavy atom. The van der Waals surface area contributed by atoms with Crippen LogP contribution in [0.3, 0.4) is 0 Å². The van der Waals surface area contributed by atoms with Gasteiger partial charge in [0.15, 0.2) is 0 Å². The van der Waals surface area contributed by atoms with E-state index < -0.39 is 0 Å². The Bertz CT molecular complexity index is 213. The minimum atomic E-state index is -0.00995. The summed E-state index contributed by atoms with van der Waals surface area (Å²) in [6, 6.07) is -0.00995. The molecule has 4 nitrogen and oxygen atoms in total. The smallest absolute Gasteiger partial charge is 0.237 e. The van der Waals surface area contributed by atoms with Crippen LogP contribution in [0.4, 0.5) is 0 Å².